The van der Waals surface area contributed by atoms with E-state index in [-0.39, 0.29) is 5.91 Å². The van der Waals surface area contributed by atoms with Crippen LogP contribution in [0.25, 0.3) is 0 Å². The lowest BCUT2D eigenvalue weighted by Gasteiger charge is -2.32. The molecule has 0 radical (unpaired) electrons. The molecule has 0 N–H and O–H groups in total. The van der Waals surface area contributed by atoms with Crippen LogP contribution in [0.3, 0.4) is 0 Å². The molecule has 1 saturated heterocycles. The molecule has 0 spiro atoms. The fourth-order valence-electron chi connectivity index (χ4n) is 3.30. The van der Waals surface area contributed by atoms with Gasteiger partial charge < -0.3 is 9.32 Å². The second-order valence-corrected chi connectivity index (χ2v) is 6.93. The third-order valence-corrected chi connectivity index (χ3v) is 4.76. The first kappa shape index (κ1) is 14.6. The highest BCUT2D eigenvalue weighted by Crippen LogP contribution is 2.32. The maximum atomic E-state index is 12.8. The normalized spacial score (nSPS) is 23.4. The summed E-state index contributed by atoms with van der Waals surface area (Å²) in [4.78, 5) is 19.3. The molecule has 1 aromatic heterocycles. The van der Waals surface area contributed by atoms with E-state index in [1.54, 1.807) is 6.26 Å². The Morgan fingerprint density at radius 3 is 2.86 bits per heavy atom. The molecule has 116 valence electrons. The highest BCUT2D eigenvalue weighted by molar-refractivity contribution is 5.92. The molecule has 2 fully saturated rings. The lowest BCUT2D eigenvalue weighted by atomic mass is 9.98. The van der Waals surface area contributed by atoms with Crippen LogP contribution >= 0.6 is 0 Å². The van der Waals surface area contributed by atoms with Gasteiger partial charge in [-0.15, -0.1) is 0 Å². The summed E-state index contributed by atoms with van der Waals surface area (Å²) in [5.41, 5.74) is 0.498. The summed E-state index contributed by atoms with van der Waals surface area (Å²) in [6, 6.07) is 0.337. The number of rotatable bonds is 4. The van der Waals surface area contributed by atoms with Gasteiger partial charge in [0.05, 0.1) is 0 Å². The van der Waals surface area contributed by atoms with Crippen molar-refractivity contribution in [2.45, 2.75) is 64.8 Å². The third-order valence-electron chi connectivity index (χ3n) is 4.76. The molecule has 1 amide bonds. The van der Waals surface area contributed by atoms with Crippen LogP contribution < -0.4 is 0 Å². The van der Waals surface area contributed by atoms with Crippen LogP contribution in [-0.4, -0.2) is 28.4 Å². The summed E-state index contributed by atoms with van der Waals surface area (Å²) < 4.78 is 5.50. The van der Waals surface area contributed by atoms with Gasteiger partial charge in [-0.1, -0.05) is 26.7 Å². The van der Waals surface area contributed by atoms with E-state index in [1.807, 2.05) is 4.90 Å². The maximum Gasteiger partial charge on any atom is 0.276 e. The van der Waals surface area contributed by atoms with E-state index in [4.69, 9.17) is 4.42 Å². The number of oxazole rings is 1. The summed E-state index contributed by atoms with van der Waals surface area (Å²) in [5, 5.41) is 0. The molecule has 0 aromatic carbocycles. The molecule has 21 heavy (non-hydrogen) atoms. The van der Waals surface area contributed by atoms with Crippen LogP contribution in [-0.2, 0) is 6.42 Å². The minimum absolute atomic E-state index is 0.0568. The first-order valence-corrected chi connectivity index (χ1v) is 8.40. The topological polar surface area (TPSA) is 46.3 Å². The van der Waals surface area contributed by atoms with E-state index >= 15 is 0 Å². The van der Waals surface area contributed by atoms with Crippen LogP contribution in [0.5, 0.6) is 0 Å². The standard InChI is InChI=1S/C17H26N2O2/c1-12(2)15-6-4-3-5-9-19(15)17(20)14-11-21-16(18-14)10-13-7-8-13/h11-13,15H,3-10H2,1-2H3. The van der Waals surface area contributed by atoms with E-state index in [2.05, 4.69) is 18.8 Å². The van der Waals surface area contributed by atoms with E-state index < -0.39 is 0 Å². The van der Waals surface area contributed by atoms with Gasteiger partial charge in [-0.25, -0.2) is 4.98 Å². The van der Waals surface area contributed by atoms with Gasteiger partial charge in [-0.05, 0) is 37.5 Å². The largest absolute Gasteiger partial charge is 0.448 e. The summed E-state index contributed by atoms with van der Waals surface area (Å²) in [5.74, 6) is 2.01. The Kier molecular flexibility index (Phi) is 4.32. The smallest absolute Gasteiger partial charge is 0.276 e. The van der Waals surface area contributed by atoms with Gasteiger partial charge in [0, 0.05) is 19.0 Å². The zero-order valence-corrected chi connectivity index (χ0v) is 13.2. The van der Waals surface area contributed by atoms with Gasteiger partial charge in [0.25, 0.3) is 5.91 Å². The Morgan fingerprint density at radius 1 is 1.33 bits per heavy atom. The van der Waals surface area contributed by atoms with Crippen molar-refractivity contribution in [3.05, 3.63) is 17.8 Å². The summed E-state index contributed by atoms with van der Waals surface area (Å²) in [6.45, 7) is 5.27. The molecule has 1 saturated carbocycles. The number of likely N-dealkylation sites (tertiary alicyclic amines) is 1. The molecule has 1 aromatic rings. The molecule has 0 bridgehead atoms. The first-order valence-electron chi connectivity index (χ1n) is 8.40. The molecule has 1 aliphatic heterocycles. The Bertz CT molecular complexity index is 491. The Morgan fingerprint density at radius 2 is 2.14 bits per heavy atom. The van der Waals surface area contributed by atoms with E-state index in [9.17, 15) is 4.79 Å². The van der Waals surface area contributed by atoms with Crippen molar-refractivity contribution in [3.8, 4) is 0 Å². The predicted molar refractivity (Wildman–Crippen MR) is 81.1 cm³/mol. The van der Waals surface area contributed by atoms with Gasteiger partial charge in [-0.2, -0.15) is 0 Å². The van der Waals surface area contributed by atoms with Crippen LogP contribution in [0.15, 0.2) is 10.7 Å². The van der Waals surface area contributed by atoms with Crippen molar-refractivity contribution in [3.63, 3.8) is 0 Å². The minimum Gasteiger partial charge on any atom is -0.448 e. The van der Waals surface area contributed by atoms with Crippen molar-refractivity contribution in [1.29, 1.82) is 0 Å². The SMILES string of the molecule is CC(C)C1CCCCCN1C(=O)c1coc(CC2CC2)n1. The monoisotopic (exact) mass is 290 g/mol. The van der Waals surface area contributed by atoms with Gasteiger partial charge in [0.1, 0.15) is 6.26 Å². The lowest BCUT2D eigenvalue weighted by Crippen LogP contribution is -2.43. The number of hydrogen-bond acceptors (Lipinski definition) is 3. The van der Waals surface area contributed by atoms with Crippen LogP contribution in [0.4, 0.5) is 0 Å². The zero-order chi connectivity index (χ0) is 14.8. The van der Waals surface area contributed by atoms with E-state index in [1.165, 1.54) is 25.7 Å². The van der Waals surface area contributed by atoms with Gasteiger partial charge in [0.2, 0.25) is 0 Å². The summed E-state index contributed by atoms with van der Waals surface area (Å²) in [6.07, 6.45) is 9.64. The molecular formula is C17H26N2O2. The van der Waals surface area contributed by atoms with Gasteiger partial charge >= 0.3 is 0 Å². The minimum atomic E-state index is 0.0568. The molecule has 4 nitrogen and oxygen atoms in total. The maximum absolute atomic E-state index is 12.8. The van der Waals surface area contributed by atoms with Gasteiger partial charge in [0.15, 0.2) is 11.6 Å². The Hall–Kier alpha value is -1.32. The van der Waals surface area contributed by atoms with Crippen molar-refractivity contribution in [2.75, 3.05) is 6.54 Å². The van der Waals surface area contributed by atoms with Crippen LogP contribution in [0.2, 0.25) is 0 Å². The lowest BCUT2D eigenvalue weighted by molar-refractivity contribution is 0.0625. The van der Waals surface area contributed by atoms with Crippen LogP contribution in [0, 0.1) is 11.8 Å². The summed E-state index contributed by atoms with van der Waals surface area (Å²) >= 11 is 0. The number of aromatic nitrogens is 1. The number of nitrogens with zero attached hydrogens (tertiary/aromatic N) is 2. The summed E-state index contributed by atoms with van der Waals surface area (Å²) in [7, 11) is 0. The molecule has 2 aliphatic rings. The second-order valence-electron chi connectivity index (χ2n) is 6.93. The van der Waals surface area contributed by atoms with Crippen molar-refractivity contribution < 1.29 is 9.21 Å². The highest BCUT2D eigenvalue weighted by Gasteiger charge is 2.30. The molecule has 3 rings (SSSR count). The second kappa shape index (κ2) is 6.20. The number of hydrogen-bond donors (Lipinski definition) is 0. The van der Waals surface area contributed by atoms with Crippen molar-refractivity contribution in [2.24, 2.45) is 11.8 Å². The van der Waals surface area contributed by atoms with E-state index in [0.29, 0.717) is 17.7 Å². The average Bonchev–Trinajstić information content (AvgIpc) is 3.19. The Balaban J connectivity index is 1.72. The highest BCUT2D eigenvalue weighted by atomic mass is 16.3. The molecule has 1 atom stereocenters. The van der Waals surface area contributed by atoms with Gasteiger partial charge in [-0.3, -0.25) is 4.79 Å². The first-order chi connectivity index (χ1) is 10.1. The molecule has 1 aliphatic carbocycles. The Labute approximate surface area is 126 Å². The van der Waals surface area contributed by atoms with E-state index in [0.717, 1.165) is 37.6 Å². The fraction of sp³-hybridized carbons (Fsp3) is 0.765. The average molecular weight is 290 g/mol. The zero-order valence-electron chi connectivity index (χ0n) is 13.2. The fourth-order valence-corrected chi connectivity index (χ4v) is 3.30. The third kappa shape index (κ3) is 3.47. The molecule has 4 heteroatoms. The quantitative estimate of drug-likeness (QED) is 0.850. The van der Waals surface area contributed by atoms with Crippen LogP contribution in [0.1, 0.15) is 68.8 Å². The number of carbonyl (C=O) groups is 1. The predicted octanol–water partition coefficient (Wildman–Crippen LogP) is 3.67. The van der Waals surface area contributed by atoms with Crippen molar-refractivity contribution in [1.82, 2.24) is 9.88 Å². The molecule has 1 unspecified atom stereocenters. The number of carbonyl (C=O) groups excluding carboxylic acids is 1. The molecular weight excluding hydrogens is 264 g/mol. The van der Waals surface area contributed by atoms with Crippen molar-refractivity contribution >= 4 is 5.91 Å². The molecule has 2 heterocycles. The number of amides is 1.